The second kappa shape index (κ2) is 16.4. The molecule has 1 heterocycles. The van der Waals surface area contributed by atoms with Gasteiger partial charge in [0.05, 0.1) is 19.7 Å². The molecular weight excluding hydrogens is 584 g/mol. The molecule has 4 amide bonds. The van der Waals surface area contributed by atoms with Gasteiger partial charge in [-0.1, -0.05) is 85.7 Å². The highest BCUT2D eigenvalue weighted by Gasteiger charge is 2.42. The molecular formula is C36H58N4O6. The number of ether oxygens (including phenoxy) is 1. The van der Waals surface area contributed by atoms with Gasteiger partial charge in [-0.2, -0.15) is 0 Å². The number of piperidine rings is 1. The maximum absolute atomic E-state index is 14.3. The zero-order chi connectivity index (χ0) is 35.0. The average Bonchev–Trinajstić information content (AvgIpc) is 3.00. The lowest BCUT2D eigenvalue weighted by Crippen LogP contribution is -2.60. The number of benzene rings is 1. The lowest BCUT2D eigenvalue weighted by molar-refractivity contribution is -0.156. The summed E-state index contributed by atoms with van der Waals surface area (Å²) in [6.07, 6.45) is 2.70. The number of carbonyl (C=O) groups excluding carboxylic acids is 5. The number of methoxy groups -OCH3 is 1. The average molecular weight is 643 g/mol. The van der Waals surface area contributed by atoms with E-state index in [0.717, 1.165) is 18.4 Å². The molecule has 1 aromatic carbocycles. The third kappa shape index (κ3) is 9.55. The van der Waals surface area contributed by atoms with E-state index < -0.39 is 34.9 Å². The van der Waals surface area contributed by atoms with Crippen LogP contribution in [0.1, 0.15) is 93.6 Å². The van der Waals surface area contributed by atoms with Crippen LogP contribution in [0.15, 0.2) is 30.3 Å². The third-order valence-electron chi connectivity index (χ3n) is 9.60. The van der Waals surface area contributed by atoms with E-state index in [1.165, 1.54) is 23.8 Å². The van der Waals surface area contributed by atoms with Gasteiger partial charge in [-0.3, -0.25) is 19.2 Å². The monoisotopic (exact) mass is 642 g/mol. The normalized spacial score (nSPS) is 17.5. The number of carbonyl (C=O) groups is 5. The number of likely N-dealkylation sites (tertiary alicyclic amines) is 1. The second-order valence-corrected chi connectivity index (χ2v) is 14.6. The largest absolute Gasteiger partial charge is 0.467 e. The van der Waals surface area contributed by atoms with Crippen LogP contribution in [-0.2, 0) is 34.1 Å². The van der Waals surface area contributed by atoms with E-state index in [2.05, 4.69) is 19.2 Å². The Hall–Kier alpha value is -3.43. The molecule has 0 saturated carbocycles. The molecule has 1 saturated heterocycles. The van der Waals surface area contributed by atoms with Gasteiger partial charge in [0.2, 0.25) is 23.6 Å². The smallest absolute Gasteiger partial charge is 0.328 e. The van der Waals surface area contributed by atoms with E-state index >= 15 is 0 Å². The third-order valence-corrected chi connectivity index (χ3v) is 9.60. The van der Waals surface area contributed by atoms with Gasteiger partial charge in [-0.15, -0.1) is 0 Å². The van der Waals surface area contributed by atoms with Gasteiger partial charge in [-0.25, -0.2) is 4.79 Å². The number of nitrogens with zero attached hydrogens (tertiary/aromatic N) is 3. The SMILES string of the molecule is CC[C@H](C(=O)N[C@H](C(=O)N(C)[C@H](CN(CC(=O)N1CCCC[C@H]1C(=O)OC)C(C)=O)C(C)C)C(C)(C)C)C(C)(C)c1ccccc1. The number of nitrogens with one attached hydrogen (secondary N) is 1. The van der Waals surface area contributed by atoms with Gasteiger partial charge >= 0.3 is 5.97 Å². The minimum absolute atomic E-state index is 0.0690. The molecule has 4 atom stereocenters. The number of hydrogen-bond acceptors (Lipinski definition) is 6. The lowest BCUT2D eigenvalue weighted by atomic mass is 9.71. The van der Waals surface area contributed by atoms with Crippen LogP contribution in [0.2, 0.25) is 0 Å². The summed E-state index contributed by atoms with van der Waals surface area (Å²) in [7, 11) is 3.00. The quantitative estimate of drug-likeness (QED) is 0.319. The van der Waals surface area contributed by atoms with Gasteiger partial charge in [0.15, 0.2) is 0 Å². The topological polar surface area (TPSA) is 116 Å². The maximum atomic E-state index is 14.3. The Morgan fingerprint density at radius 1 is 1.02 bits per heavy atom. The number of rotatable bonds is 13. The highest BCUT2D eigenvalue weighted by atomic mass is 16.5. The zero-order valence-electron chi connectivity index (χ0n) is 30.0. The van der Waals surface area contributed by atoms with Crippen LogP contribution in [-0.4, -0.2) is 96.2 Å². The molecule has 0 aromatic heterocycles. The summed E-state index contributed by atoms with van der Waals surface area (Å²) < 4.78 is 4.93. The van der Waals surface area contributed by atoms with Gasteiger partial charge in [0.25, 0.3) is 0 Å². The van der Waals surface area contributed by atoms with Crippen molar-refractivity contribution in [1.82, 2.24) is 20.0 Å². The van der Waals surface area contributed by atoms with E-state index in [1.54, 1.807) is 11.9 Å². The Morgan fingerprint density at radius 2 is 1.63 bits per heavy atom. The first-order valence-corrected chi connectivity index (χ1v) is 16.6. The van der Waals surface area contributed by atoms with Crippen LogP contribution in [0.25, 0.3) is 0 Å². The first kappa shape index (κ1) is 38.8. The highest BCUT2D eigenvalue weighted by Crippen LogP contribution is 2.35. The molecule has 258 valence electrons. The van der Waals surface area contributed by atoms with Crippen molar-refractivity contribution in [3.05, 3.63) is 35.9 Å². The summed E-state index contributed by atoms with van der Waals surface area (Å²) in [5, 5.41) is 3.12. The Balaban J connectivity index is 2.30. The number of amides is 4. The van der Waals surface area contributed by atoms with Crippen LogP contribution in [0.5, 0.6) is 0 Å². The van der Waals surface area contributed by atoms with E-state index in [9.17, 15) is 24.0 Å². The molecule has 0 aliphatic carbocycles. The fourth-order valence-corrected chi connectivity index (χ4v) is 6.53. The number of hydrogen-bond donors (Lipinski definition) is 1. The Bertz CT molecular complexity index is 1210. The van der Waals surface area contributed by atoms with Crippen molar-refractivity contribution < 1.29 is 28.7 Å². The van der Waals surface area contributed by atoms with Crippen LogP contribution < -0.4 is 5.32 Å². The first-order valence-electron chi connectivity index (χ1n) is 16.6. The molecule has 1 aromatic rings. The van der Waals surface area contributed by atoms with Gasteiger partial charge in [-0.05, 0) is 42.6 Å². The standard InChI is InChI=1S/C36H58N4O6/c1-12-27(36(8,9)26-18-14-13-15-19-26)32(43)37-31(35(5,6)7)33(44)38(10)29(24(2)3)22-39(25(4)41)23-30(42)40-21-17-16-20-28(40)34(45)46-11/h13-15,18-19,24,27-29,31H,12,16-17,20-23H2,1-11H3,(H,37,43)/t27-,28+,29-,31-/m1/s1. The summed E-state index contributed by atoms with van der Waals surface area (Å²) in [5.74, 6) is -1.97. The minimum Gasteiger partial charge on any atom is -0.467 e. The minimum atomic E-state index is -0.826. The van der Waals surface area contributed by atoms with Crippen LogP contribution >= 0.6 is 0 Å². The number of esters is 1. The number of likely N-dealkylation sites (N-methyl/N-ethyl adjacent to an activating group) is 1. The van der Waals surface area contributed by atoms with Crippen molar-refractivity contribution in [2.45, 2.75) is 112 Å². The molecule has 10 nitrogen and oxygen atoms in total. The van der Waals surface area contributed by atoms with Crippen LogP contribution in [0, 0.1) is 17.3 Å². The van der Waals surface area contributed by atoms with Crippen molar-refractivity contribution >= 4 is 29.6 Å². The van der Waals surface area contributed by atoms with Crippen molar-refractivity contribution in [3.63, 3.8) is 0 Å². The fraction of sp³-hybridized carbons (Fsp3) is 0.694. The van der Waals surface area contributed by atoms with Gasteiger partial charge in [0.1, 0.15) is 12.1 Å². The van der Waals surface area contributed by atoms with Crippen molar-refractivity contribution in [3.8, 4) is 0 Å². The second-order valence-electron chi connectivity index (χ2n) is 14.6. The van der Waals surface area contributed by atoms with E-state index in [-0.39, 0.29) is 48.6 Å². The summed E-state index contributed by atoms with van der Waals surface area (Å²) in [4.78, 5) is 71.4. The lowest BCUT2D eigenvalue weighted by Gasteiger charge is -2.41. The van der Waals surface area contributed by atoms with E-state index in [0.29, 0.717) is 19.4 Å². The molecule has 2 rings (SSSR count). The summed E-state index contributed by atoms with van der Waals surface area (Å²) in [6, 6.07) is 8.00. The Kier molecular flexibility index (Phi) is 13.8. The highest BCUT2D eigenvalue weighted by molar-refractivity contribution is 5.90. The van der Waals surface area contributed by atoms with E-state index in [1.807, 2.05) is 71.9 Å². The molecule has 10 heteroatoms. The van der Waals surface area contributed by atoms with Gasteiger partial charge < -0.3 is 24.8 Å². The summed E-state index contributed by atoms with van der Waals surface area (Å²) >= 11 is 0. The first-order chi connectivity index (χ1) is 21.4. The molecule has 1 aliphatic rings. The Morgan fingerprint density at radius 3 is 2.13 bits per heavy atom. The molecule has 1 fully saturated rings. The van der Waals surface area contributed by atoms with Crippen LogP contribution in [0.4, 0.5) is 0 Å². The Labute approximate surface area is 276 Å². The zero-order valence-corrected chi connectivity index (χ0v) is 30.0. The summed E-state index contributed by atoms with van der Waals surface area (Å²) in [6.45, 7) is 17.5. The molecule has 0 unspecified atom stereocenters. The summed E-state index contributed by atoms with van der Waals surface area (Å²) in [5.41, 5.74) is -0.0207. The maximum Gasteiger partial charge on any atom is 0.328 e. The molecule has 46 heavy (non-hydrogen) atoms. The predicted molar refractivity (Wildman–Crippen MR) is 180 cm³/mol. The molecule has 0 radical (unpaired) electrons. The molecule has 1 aliphatic heterocycles. The van der Waals surface area contributed by atoms with Crippen molar-refractivity contribution in [2.24, 2.45) is 17.3 Å². The molecule has 0 spiro atoms. The predicted octanol–water partition coefficient (Wildman–Crippen LogP) is 4.41. The van der Waals surface area contributed by atoms with Gasteiger partial charge in [0, 0.05) is 38.4 Å². The van der Waals surface area contributed by atoms with Crippen molar-refractivity contribution in [1.29, 1.82) is 0 Å². The molecule has 1 N–H and O–H groups in total. The van der Waals surface area contributed by atoms with Crippen molar-refractivity contribution in [2.75, 3.05) is 33.8 Å². The fourth-order valence-electron chi connectivity index (χ4n) is 6.53. The van der Waals surface area contributed by atoms with E-state index in [4.69, 9.17) is 4.74 Å². The van der Waals surface area contributed by atoms with Crippen LogP contribution in [0.3, 0.4) is 0 Å². The molecule has 0 bridgehead atoms.